The fourth-order valence-electron chi connectivity index (χ4n) is 9.62. The van der Waals surface area contributed by atoms with Crippen LogP contribution in [-0.2, 0) is 5.41 Å². The minimum Gasteiger partial charge on any atom is -0.314 e. The zero-order valence-electron chi connectivity index (χ0n) is 31.1. The molecule has 0 saturated carbocycles. The maximum atomic E-state index is 2.54. The van der Waals surface area contributed by atoms with Crippen molar-refractivity contribution in [3.05, 3.63) is 216 Å². The fraction of sp³-hybridized carbons (Fsp3) is 0.0943. The van der Waals surface area contributed by atoms with Crippen molar-refractivity contribution in [1.29, 1.82) is 0 Å². The van der Waals surface area contributed by atoms with E-state index in [-0.39, 0.29) is 5.41 Å². The molecule has 8 aromatic rings. The first-order chi connectivity index (χ1) is 27.0. The minimum absolute atomic E-state index is 0.102. The van der Waals surface area contributed by atoms with Gasteiger partial charge in [-0.15, -0.1) is 0 Å². The molecule has 1 aromatic heterocycles. The Kier molecular flexibility index (Phi) is 7.06. The van der Waals surface area contributed by atoms with E-state index in [4.69, 9.17) is 0 Å². The van der Waals surface area contributed by atoms with Gasteiger partial charge in [-0.1, -0.05) is 141 Å². The van der Waals surface area contributed by atoms with Crippen molar-refractivity contribution >= 4 is 39.3 Å². The van der Waals surface area contributed by atoms with Crippen molar-refractivity contribution in [1.82, 2.24) is 4.57 Å². The van der Waals surface area contributed by atoms with Gasteiger partial charge >= 0.3 is 0 Å². The van der Waals surface area contributed by atoms with E-state index in [2.05, 4.69) is 211 Å². The molecule has 0 spiro atoms. The molecule has 3 aliphatic carbocycles. The van der Waals surface area contributed by atoms with Crippen LogP contribution in [0.15, 0.2) is 193 Å². The smallest absolute Gasteiger partial charge is 0.0542 e. The first kappa shape index (κ1) is 31.8. The van der Waals surface area contributed by atoms with Gasteiger partial charge in [-0.05, 0) is 117 Å². The molecule has 0 aliphatic heterocycles. The van der Waals surface area contributed by atoms with Crippen molar-refractivity contribution < 1.29 is 0 Å². The molecule has 1 atom stereocenters. The summed E-state index contributed by atoms with van der Waals surface area (Å²) in [6.07, 6.45) is 10.2. The van der Waals surface area contributed by atoms with Gasteiger partial charge in [0, 0.05) is 44.9 Å². The van der Waals surface area contributed by atoms with Gasteiger partial charge in [0.2, 0.25) is 0 Å². The van der Waals surface area contributed by atoms with Crippen LogP contribution in [0.5, 0.6) is 0 Å². The Bertz CT molecular complexity index is 2920. The highest BCUT2D eigenvalue weighted by atomic mass is 15.2. The van der Waals surface area contributed by atoms with Crippen molar-refractivity contribution in [3.8, 4) is 27.9 Å². The summed E-state index contributed by atoms with van der Waals surface area (Å²) < 4.78 is 2.42. The lowest BCUT2D eigenvalue weighted by atomic mass is 9.78. The number of benzene rings is 7. The van der Waals surface area contributed by atoms with Gasteiger partial charge in [0.25, 0.3) is 0 Å². The van der Waals surface area contributed by atoms with Crippen molar-refractivity contribution in [2.45, 2.75) is 31.6 Å². The predicted molar refractivity (Wildman–Crippen MR) is 231 cm³/mol. The van der Waals surface area contributed by atoms with Crippen LogP contribution in [0.2, 0.25) is 0 Å². The van der Waals surface area contributed by atoms with Crippen molar-refractivity contribution in [2.24, 2.45) is 0 Å². The van der Waals surface area contributed by atoms with Crippen LogP contribution < -0.4 is 4.90 Å². The Hall–Kier alpha value is -6.64. The number of aromatic nitrogens is 1. The Morgan fingerprint density at radius 3 is 2.07 bits per heavy atom. The van der Waals surface area contributed by atoms with E-state index in [1.54, 1.807) is 0 Å². The van der Waals surface area contributed by atoms with Gasteiger partial charge in [0.05, 0.1) is 11.0 Å². The minimum atomic E-state index is -0.102. The highest BCUT2D eigenvalue weighted by molar-refractivity contribution is 6.11. The lowest BCUT2D eigenvalue weighted by Crippen LogP contribution is -2.22. The maximum Gasteiger partial charge on any atom is 0.0542 e. The molecule has 0 N–H and O–H groups in total. The van der Waals surface area contributed by atoms with Crippen LogP contribution in [-0.4, -0.2) is 4.57 Å². The van der Waals surface area contributed by atoms with E-state index in [0.717, 1.165) is 12.1 Å². The van der Waals surface area contributed by atoms with Crippen LogP contribution in [0.3, 0.4) is 0 Å². The van der Waals surface area contributed by atoms with Gasteiger partial charge in [-0.25, -0.2) is 0 Å². The maximum absolute atomic E-state index is 2.54. The molecular formula is C53H40N2. The summed E-state index contributed by atoms with van der Waals surface area (Å²) in [5, 5.41) is 2.49. The van der Waals surface area contributed by atoms with Gasteiger partial charge in [0.15, 0.2) is 0 Å². The average Bonchev–Trinajstić information content (AvgIpc) is 3.69. The highest BCUT2D eigenvalue weighted by Crippen LogP contribution is 2.51. The van der Waals surface area contributed by atoms with Crippen molar-refractivity contribution in [2.75, 3.05) is 4.90 Å². The van der Waals surface area contributed by atoms with E-state index < -0.39 is 0 Å². The number of anilines is 2. The van der Waals surface area contributed by atoms with E-state index in [0.29, 0.717) is 5.92 Å². The van der Waals surface area contributed by atoms with Crippen LogP contribution >= 0.6 is 0 Å². The molecule has 0 saturated heterocycles. The molecule has 55 heavy (non-hydrogen) atoms. The van der Waals surface area contributed by atoms with Crippen LogP contribution in [0.25, 0.3) is 55.8 Å². The molecule has 0 fully saturated rings. The molecule has 0 bridgehead atoms. The van der Waals surface area contributed by atoms with Gasteiger partial charge in [0.1, 0.15) is 0 Å². The highest BCUT2D eigenvalue weighted by Gasteiger charge is 2.36. The Balaban J connectivity index is 1.13. The summed E-state index contributed by atoms with van der Waals surface area (Å²) in [5.41, 5.74) is 19.1. The summed E-state index contributed by atoms with van der Waals surface area (Å²) in [7, 11) is 0. The van der Waals surface area contributed by atoms with Crippen molar-refractivity contribution in [3.63, 3.8) is 0 Å². The van der Waals surface area contributed by atoms with Gasteiger partial charge < -0.3 is 9.47 Å². The molecule has 7 aromatic carbocycles. The summed E-state index contributed by atoms with van der Waals surface area (Å²) in [5.74, 6) is 0.302. The third-order valence-corrected chi connectivity index (χ3v) is 12.4. The number of hydrogen-bond acceptors (Lipinski definition) is 1. The van der Waals surface area contributed by atoms with Gasteiger partial charge in [-0.3, -0.25) is 0 Å². The molecule has 2 nitrogen and oxygen atoms in total. The fourth-order valence-corrected chi connectivity index (χ4v) is 9.62. The van der Waals surface area contributed by atoms with Gasteiger partial charge in [-0.2, -0.15) is 0 Å². The number of rotatable bonds is 5. The van der Waals surface area contributed by atoms with Crippen LogP contribution in [0.1, 0.15) is 48.4 Å². The van der Waals surface area contributed by atoms with Crippen LogP contribution in [0.4, 0.5) is 11.4 Å². The molecular weight excluding hydrogens is 665 g/mol. The van der Waals surface area contributed by atoms with E-state index >= 15 is 0 Å². The molecule has 0 radical (unpaired) electrons. The van der Waals surface area contributed by atoms with E-state index in [1.807, 2.05) is 0 Å². The normalized spacial score (nSPS) is 16.2. The third kappa shape index (κ3) is 4.95. The molecule has 3 aliphatic rings. The van der Waals surface area contributed by atoms with E-state index in [9.17, 15) is 0 Å². The number of para-hydroxylation sites is 1. The second-order valence-electron chi connectivity index (χ2n) is 15.7. The number of nitrogens with zero attached hydrogens (tertiary/aromatic N) is 2. The molecule has 262 valence electrons. The number of hydrogen-bond donors (Lipinski definition) is 0. The van der Waals surface area contributed by atoms with Crippen LogP contribution in [0, 0.1) is 0 Å². The zero-order valence-corrected chi connectivity index (χ0v) is 31.1. The lowest BCUT2D eigenvalue weighted by molar-refractivity contribution is 0.660. The molecule has 0 amide bonds. The molecule has 1 unspecified atom stereocenters. The predicted octanol–water partition coefficient (Wildman–Crippen LogP) is 13.9. The largest absolute Gasteiger partial charge is 0.314 e. The Morgan fingerprint density at radius 2 is 1.22 bits per heavy atom. The van der Waals surface area contributed by atoms with E-state index in [1.165, 1.54) is 89.0 Å². The monoisotopic (exact) mass is 704 g/mol. The molecule has 11 rings (SSSR count). The number of fused-ring (bicyclic) bond motifs is 9. The second kappa shape index (κ2) is 12.2. The summed E-state index contributed by atoms with van der Waals surface area (Å²) in [6.45, 7) is 4.75. The topological polar surface area (TPSA) is 8.17 Å². The summed E-state index contributed by atoms with van der Waals surface area (Å²) in [4.78, 5) is 2.54. The summed E-state index contributed by atoms with van der Waals surface area (Å²) in [6, 6.07) is 60.6. The molecule has 1 heterocycles. The Labute approximate surface area is 322 Å². The first-order valence-electron chi connectivity index (χ1n) is 19.4. The molecule has 2 heteroatoms. The SMILES string of the molecule is CC1(C)c2ccccc2-c2ccc(N(C3=CC=C4C=Cc5ccccc5C4C3)c3ccc4c(c3)c3cc(-c5ccccc5)ccc3n4-c3ccccc3)cc21. The lowest BCUT2D eigenvalue weighted by Gasteiger charge is -2.35. The quantitative estimate of drug-likeness (QED) is 0.173. The average molecular weight is 705 g/mol. The second-order valence-corrected chi connectivity index (χ2v) is 15.7. The Morgan fingerprint density at radius 1 is 0.545 bits per heavy atom. The summed E-state index contributed by atoms with van der Waals surface area (Å²) >= 11 is 0. The standard InChI is InChI=1S/C53H40N2/c1-53(2)49-20-12-11-19-44(49)45-28-26-42(34-50(45)53)54(40-25-23-37-22-21-36-15-9-10-18-43(36)46(37)32-40)41-27-30-52-48(33-41)47-31-38(35-13-5-3-6-14-35)24-29-51(47)55(52)39-16-7-4-8-17-39/h3-31,33-34,46H,32H2,1-2H3. The number of allylic oxidation sites excluding steroid dienone is 5. The third-order valence-electron chi connectivity index (χ3n) is 12.4. The zero-order chi connectivity index (χ0) is 36.7. The first-order valence-corrected chi connectivity index (χ1v) is 19.4.